The minimum atomic E-state index is -2.21. The van der Waals surface area contributed by atoms with Crippen molar-refractivity contribution in [2.24, 2.45) is 5.73 Å². The van der Waals surface area contributed by atoms with Crippen molar-refractivity contribution in [3.05, 3.63) is 0 Å². The number of methoxy groups -OCH3 is 1. The highest BCUT2D eigenvalue weighted by Gasteiger charge is 2.20. The lowest BCUT2D eigenvalue weighted by molar-refractivity contribution is -0.141. The van der Waals surface area contributed by atoms with Crippen LogP contribution in [0.1, 0.15) is 0 Å². The molecule has 0 radical (unpaired) electrons. The van der Waals surface area contributed by atoms with Gasteiger partial charge in [-0.2, -0.15) is 0 Å². The van der Waals surface area contributed by atoms with E-state index in [0.717, 1.165) is 0 Å². The molecule has 0 fully saturated rings. The van der Waals surface area contributed by atoms with Gasteiger partial charge in [0.25, 0.3) is 0 Å². The third-order valence-electron chi connectivity index (χ3n) is 1.14. The lowest BCUT2D eigenvalue weighted by atomic mass is 10.4. The molecule has 0 heterocycles. The highest BCUT2D eigenvalue weighted by molar-refractivity contribution is 7.62. The molecule has 0 aliphatic heterocycles. The summed E-state index contributed by atoms with van der Waals surface area (Å²) in [4.78, 5) is 10.7. The summed E-state index contributed by atoms with van der Waals surface area (Å²) < 4.78 is 15.5. The zero-order valence-electron chi connectivity index (χ0n) is 7.44. The number of rotatable bonds is 3. The van der Waals surface area contributed by atoms with Gasteiger partial charge < -0.3 is 15.0 Å². The van der Waals surface area contributed by atoms with Crippen LogP contribution in [0.2, 0.25) is 0 Å². The molecule has 0 aromatic heterocycles. The van der Waals surface area contributed by atoms with E-state index in [0.29, 0.717) is 0 Å². The van der Waals surface area contributed by atoms with Gasteiger partial charge in [0.15, 0.2) is 0 Å². The fourth-order valence-electron chi connectivity index (χ4n) is 0.700. The molecule has 74 valence electrons. The monoisotopic (exact) mass is 215 g/mol. The van der Waals surface area contributed by atoms with Crippen LogP contribution in [0.3, 0.4) is 0 Å². The van der Waals surface area contributed by atoms with E-state index in [1.54, 1.807) is 13.3 Å². The second-order valence-corrected chi connectivity index (χ2v) is 6.40. The van der Waals surface area contributed by atoms with Crippen LogP contribution in [0.25, 0.3) is 0 Å². The zero-order valence-corrected chi connectivity index (χ0v) is 9.15. The number of esters is 1. The number of halogens is 1. The van der Waals surface area contributed by atoms with Crippen molar-refractivity contribution in [3.8, 4) is 0 Å². The summed E-state index contributed by atoms with van der Waals surface area (Å²) in [5.74, 6) is -0.506. The van der Waals surface area contributed by atoms with Crippen LogP contribution in [0.5, 0.6) is 0 Å². The van der Waals surface area contributed by atoms with E-state index in [1.807, 2.05) is 0 Å². The summed E-state index contributed by atoms with van der Waals surface area (Å²) in [7, 11) is -0.952. The summed E-state index contributed by atoms with van der Waals surface area (Å²) in [6.07, 6.45) is 0.208. The van der Waals surface area contributed by atoms with Crippen LogP contribution in [0, 0.1) is 0 Å². The maximum Gasteiger partial charge on any atom is 0.323 e. The molecule has 0 spiro atoms. The van der Waals surface area contributed by atoms with Gasteiger partial charge in [0.1, 0.15) is 6.04 Å². The summed E-state index contributed by atoms with van der Waals surface area (Å²) in [6.45, 7) is 3.19. The molecule has 0 saturated carbocycles. The predicted molar refractivity (Wildman–Crippen MR) is 51.6 cm³/mol. The summed E-state index contributed by atoms with van der Waals surface area (Å²) in [5.41, 5.74) is 5.37. The highest BCUT2D eigenvalue weighted by Crippen LogP contribution is 2.35. The van der Waals surface area contributed by atoms with Crippen molar-refractivity contribution in [3.63, 3.8) is 0 Å². The molecule has 1 unspecified atom stereocenters. The maximum atomic E-state index is 11.2. The molecule has 0 aliphatic rings. The molecule has 0 bridgehead atoms. The largest absolute Gasteiger partial charge is 0.468 e. The molecule has 4 nitrogen and oxygen atoms in total. The first-order valence-corrected chi connectivity index (χ1v) is 6.03. The van der Waals surface area contributed by atoms with Crippen LogP contribution in [0.15, 0.2) is 0 Å². The number of carbonyl (C=O) groups excluding carboxylic acids is 1. The number of carbonyl (C=O) groups is 1. The molecule has 0 saturated heterocycles. The second kappa shape index (κ2) is 5.57. The molecule has 0 aromatic rings. The van der Waals surface area contributed by atoms with E-state index in [2.05, 4.69) is 4.74 Å². The summed E-state index contributed by atoms with van der Waals surface area (Å²) >= 11 is 0. The first kappa shape index (κ1) is 14.5. The van der Waals surface area contributed by atoms with Crippen molar-refractivity contribution in [1.29, 1.82) is 0 Å². The van der Waals surface area contributed by atoms with Crippen molar-refractivity contribution < 1.29 is 14.1 Å². The SMILES string of the molecule is COC(=O)C(N)CP(C)(C)=O.Cl. The topological polar surface area (TPSA) is 69.4 Å². The number of hydrogen-bond acceptors (Lipinski definition) is 4. The van der Waals surface area contributed by atoms with Crippen LogP contribution in [-0.2, 0) is 14.1 Å². The van der Waals surface area contributed by atoms with Gasteiger partial charge >= 0.3 is 5.97 Å². The number of nitrogens with two attached hydrogens (primary N) is 1. The van der Waals surface area contributed by atoms with E-state index in [9.17, 15) is 9.36 Å². The van der Waals surface area contributed by atoms with E-state index < -0.39 is 19.2 Å². The van der Waals surface area contributed by atoms with Crippen LogP contribution in [-0.4, -0.2) is 38.6 Å². The quantitative estimate of drug-likeness (QED) is 0.551. The average molecular weight is 216 g/mol. The Balaban J connectivity index is 0. The van der Waals surface area contributed by atoms with Gasteiger partial charge in [0.2, 0.25) is 0 Å². The van der Waals surface area contributed by atoms with Gasteiger partial charge in [0.05, 0.1) is 14.3 Å². The normalized spacial score (nSPS) is 13.0. The molecule has 0 aromatic carbocycles. The third kappa shape index (κ3) is 6.65. The third-order valence-corrected chi connectivity index (χ3v) is 2.41. The Morgan fingerprint density at radius 2 is 2.00 bits per heavy atom. The Morgan fingerprint density at radius 3 is 2.25 bits per heavy atom. The molecule has 0 rings (SSSR count). The number of hydrogen-bond donors (Lipinski definition) is 1. The molecular weight excluding hydrogens is 200 g/mol. The molecule has 2 N–H and O–H groups in total. The van der Waals surface area contributed by atoms with Gasteiger partial charge in [-0.15, -0.1) is 12.4 Å². The van der Waals surface area contributed by atoms with Gasteiger partial charge in [-0.3, -0.25) is 4.79 Å². The molecule has 1 atom stereocenters. The molecule has 0 amide bonds. The van der Waals surface area contributed by atoms with Crippen molar-refractivity contribution >= 4 is 25.5 Å². The Hall–Kier alpha value is -0.0500. The minimum Gasteiger partial charge on any atom is -0.468 e. The fraction of sp³-hybridized carbons (Fsp3) is 0.833. The smallest absolute Gasteiger partial charge is 0.323 e. The van der Waals surface area contributed by atoms with Crippen molar-refractivity contribution in [1.82, 2.24) is 0 Å². The Morgan fingerprint density at radius 1 is 1.58 bits per heavy atom. The van der Waals surface area contributed by atoms with Crippen LogP contribution in [0.4, 0.5) is 0 Å². The standard InChI is InChI=1S/C6H14NO3P.ClH/c1-10-6(8)5(7)4-11(2,3)9;/h5H,4,7H2,1-3H3;1H. The van der Waals surface area contributed by atoms with E-state index in [1.165, 1.54) is 7.11 Å². The molecule has 0 aliphatic carbocycles. The fourth-order valence-corrected chi connectivity index (χ4v) is 1.80. The van der Waals surface area contributed by atoms with Gasteiger partial charge in [0, 0.05) is 6.16 Å². The average Bonchev–Trinajstić information content (AvgIpc) is 1.82. The molecule has 12 heavy (non-hydrogen) atoms. The molecular formula is C6H15ClNO3P. The Kier molecular flexibility index (Phi) is 6.72. The van der Waals surface area contributed by atoms with Crippen molar-refractivity contribution in [2.45, 2.75) is 6.04 Å². The predicted octanol–water partition coefficient (Wildman–Crippen LogP) is 0.531. The molecule has 6 heteroatoms. The zero-order chi connectivity index (χ0) is 9.07. The highest BCUT2D eigenvalue weighted by atomic mass is 35.5. The number of ether oxygens (including phenoxy) is 1. The van der Waals surface area contributed by atoms with E-state index >= 15 is 0 Å². The van der Waals surface area contributed by atoms with Gasteiger partial charge in [-0.25, -0.2) is 0 Å². The van der Waals surface area contributed by atoms with Crippen molar-refractivity contribution in [2.75, 3.05) is 26.6 Å². The first-order valence-electron chi connectivity index (χ1n) is 3.24. The second-order valence-electron chi connectivity index (χ2n) is 2.89. The van der Waals surface area contributed by atoms with Crippen LogP contribution >= 0.6 is 19.5 Å². The van der Waals surface area contributed by atoms with Crippen LogP contribution < -0.4 is 5.73 Å². The lowest BCUT2D eigenvalue weighted by Gasteiger charge is -2.11. The summed E-state index contributed by atoms with van der Waals surface area (Å²) in [5, 5.41) is 0. The van der Waals surface area contributed by atoms with E-state index in [4.69, 9.17) is 5.73 Å². The van der Waals surface area contributed by atoms with Gasteiger partial charge in [-0.05, 0) is 13.3 Å². The maximum absolute atomic E-state index is 11.2. The Labute approximate surface area is 78.6 Å². The van der Waals surface area contributed by atoms with E-state index in [-0.39, 0.29) is 18.6 Å². The summed E-state index contributed by atoms with van der Waals surface area (Å²) in [6, 6.07) is -0.749. The van der Waals surface area contributed by atoms with Gasteiger partial charge in [-0.1, -0.05) is 0 Å². The Bertz CT molecular complexity index is 191. The first-order chi connectivity index (χ1) is 4.87. The minimum absolute atomic E-state index is 0. The lowest BCUT2D eigenvalue weighted by Crippen LogP contribution is -2.34.